The largest absolute Gasteiger partial charge is 0.452 e. The molecule has 0 aliphatic heterocycles. The maximum absolute atomic E-state index is 13.7. The molecule has 2 heterocycles. The number of carbonyl (C=O) groups excluding carboxylic acids is 1. The molecule has 0 saturated carbocycles. The Bertz CT molecular complexity index is 1590. The fourth-order valence-electron chi connectivity index (χ4n) is 3.51. The van der Waals surface area contributed by atoms with Crippen LogP contribution in [0.4, 0.5) is 11.6 Å². The fraction of sp³-hybridized carbons (Fsp3) is 0.235. The van der Waals surface area contributed by atoms with Gasteiger partial charge in [-0.3, -0.25) is 14.2 Å². The second kappa shape index (κ2) is 20.1. The molecule has 2 aromatic heterocycles. The monoisotopic (exact) mass is 601 g/mol. The summed E-state index contributed by atoms with van der Waals surface area (Å²) in [5.41, 5.74) is 1.66. The molecule has 1 amide bonds. The van der Waals surface area contributed by atoms with Crippen LogP contribution in [-0.2, 0) is 4.79 Å². The molecule has 0 bridgehead atoms. The zero-order valence-electron chi connectivity index (χ0n) is 25.6. The number of nitrogens with zero attached hydrogens (tertiary/aromatic N) is 3. The van der Waals surface area contributed by atoms with E-state index in [4.69, 9.17) is 16.3 Å². The summed E-state index contributed by atoms with van der Waals surface area (Å²) in [6, 6.07) is 17.5. The van der Waals surface area contributed by atoms with Crippen LogP contribution in [0.25, 0.3) is 16.7 Å². The zero-order chi connectivity index (χ0) is 32.2. The summed E-state index contributed by atoms with van der Waals surface area (Å²) in [5, 5.41) is 6.41. The predicted octanol–water partition coefficient (Wildman–Crippen LogP) is 8.33. The smallest absolute Gasteiger partial charge is 0.299 e. The lowest BCUT2D eigenvalue weighted by atomic mass is 10.2. The van der Waals surface area contributed by atoms with Crippen LogP contribution in [0.5, 0.6) is 11.5 Å². The number of ether oxygens (including phenoxy) is 1. The Balaban J connectivity index is 0.00000122. The van der Waals surface area contributed by atoms with E-state index in [-0.39, 0.29) is 17.5 Å². The number of benzene rings is 2. The van der Waals surface area contributed by atoms with Crippen molar-refractivity contribution in [3.8, 4) is 29.5 Å². The first kappa shape index (κ1) is 36.2. The number of terminal acetylenes is 1. The van der Waals surface area contributed by atoms with Gasteiger partial charge in [0.2, 0.25) is 11.9 Å². The van der Waals surface area contributed by atoms with Crippen LogP contribution < -0.4 is 20.9 Å². The van der Waals surface area contributed by atoms with E-state index in [1.54, 1.807) is 55.6 Å². The Morgan fingerprint density at radius 3 is 2.37 bits per heavy atom. The molecule has 0 aliphatic carbocycles. The minimum Gasteiger partial charge on any atom is -0.452 e. The van der Waals surface area contributed by atoms with Crippen molar-refractivity contribution in [2.24, 2.45) is 0 Å². The van der Waals surface area contributed by atoms with Crippen LogP contribution in [0.3, 0.4) is 0 Å². The van der Waals surface area contributed by atoms with Gasteiger partial charge in [0.05, 0.1) is 11.6 Å². The molecule has 0 fully saturated rings. The van der Waals surface area contributed by atoms with Gasteiger partial charge < -0.3 is 15.4 Å². The minimum atomic E-state index is -0.426. The number of allylic oxidation sites excluding steroid dienone is 2. The second-order valence-corrected chi connectivity index (χ2v) is 8.23. The van der Waals surface area contributed by atoms with Gasteiger partial charge in [-0.05, 0) is 55.8 Å². The van der Waals surface area contributed by atoms with E-state index in [2.05, 4.69) is 39.5 Å². The maximum Gasteiger partial charge on any atom is 0.299 e. The Labute approximate surface area is 259 Å². The van der Waals surface area contributed by atoms with Gasteiger partial charge in [-0.15, -0.1) is 23.9 Å². The van der Waals surface area contributed by atoms with Crippen molar-refractivity contribution in [3.63, 3.8) is 0 Å². The van der Waals surface area contributed by atoms with Gasteiger partial charge in [0.1, 0.15) is 5.75 Å². The molecule has 2 aromatic carbocycles. The molecule has 0 aliphatic rings. The Hall–Kier alpha value is -4.87. The van der Waals surface area contributed by atoms with E-state index < -0.39 is 5.56 Å². The van der Waals surface area contributed by atoms with Gasteiger partial charge in [-0.2, -0.15) is 4.98 Å². The third-order valence-corrected chi connectivity index (χ3v) is 5.39. The summed E-state index contributed by atoms with van der Waals surface area (Å²) in [4.78, 5) is 34.5. The fourth-order valence-corrected chi connectivity index (χ4v) is 3.68. The lowest BCUT2D eigenvalue weighted by molar-refractivity contribution is -0.111. The summed E-state index contributed by atoms with van der Waals surface area (Å²) < 4.78 is 7.35. The number of hydrogen-bond donors (Lipinski definition) is 2. The number of nitrogens with one attached hydrogen (secondary N) is 2. The minimum absolute atomic E-state index is 0.103. The number of carbonyl (C=O) groups is 1. The number of alkyl halides is 1. The standard InChI is InChI=1S/C27H24ClN5O3.C3H4.2C2H6/c1-3-9-20(16-28)31-27-29-17-18-14-23(36-22-12-6-5-7-13-22)26(35)33(25(18)32-27)21-11-8-10-19(15-21)30-24(34)4-2;1-3-2;2*1-2/h4-15,17H,2-3,16H2,1H3,(H,30,34)(H,29,31,32);1H,2H3;2*1-2H3/b20-9+;;;. The molecular formula is C34H40ClN5O3. The van der Waals surface area contributed by atoms with E-state index in [0.717, 1.165) is 12.1 Å². The third-order valence-electron chi connectivity index (χ3n) is 5.10. The lowest BCUT2D eigenvalue weighted by Gasteiger charge is -2.15. The first-order chi connectivity index (χ1) is 20.9. The summed E-state index contributed by atoms with van der Waals surface area (Å²) in [6.07, 6.45) is 10.1. The Morgan fingerprint density at radius 1 is 1.09 bits per heavy atom. The van der Waals surface area contributed by atoms with Crippen LogP contribution in [-0.4, -0.2) is 26.3 Å². The predicted molar refractivity (Wildman–Crippen MR) is 180 cm³/mol. The average Bonchev–Trinajstić information content (AvgIpc) is 3.04. The van der Waals surface area contributed by atoms with Gasteiger partial charge in [0.15, 0.2) is 11.4 Å². The molecule has 43 heavy (non-hydrogen) atoms. The second-order valence-electron chi connectivity index (χ2n) is 7.97. The van der Waals surface area contributed by atoms with Crippen molar-refractivity contribution in [1.29, 1.82) is 0 Å². The average molecular weight is 602 g/mol. The SMILES string of the molecule is C#CC.C=CC(=O)Nc1cccc(-n2c(=O)c(Oc3ccccc3)cc3cnc(N/C(=C/CC)CCl)nc32)c1.CC.CC. The maximum atomic E-state index is 13.7. The summed E-state index contributed by atoms with van der Waals surface area (Å²) in [5.74, 6) is 3.06. The number of aromatic nitrogens is 3. The van der Waals surface area contributed by atoms with Crippen molar-refractivity contribution in [2.75, 3.05) is 16.5 Å². The summed E-state index contributed by atoms with van der Waals surface area (Å²) in [7, 11) is 0. The third kappa shape index (κ3) is 10.8. The number of rotatable bonds is 9. The molecule has 0 unspecified atom stereocenters. The number of hydrogen-bond acceptors (Lipinski definition) is 6. The van der Waals surface area contributed by atoms with Crippen LogP contribution in [0, 0.1) is 12.3 Å². The van der Waals surface area contributed by atoms with Crippen molar-refractivity contribution in [2.45, 2.75) is 48.0 Å². The van der Waals surface area contributed by atoms with E-state index in [1.165, 1.54) is 10.6 Å². The lowest BCUT2D eigenvalue weighted by Crippen LogP contribution is -2.21. The normalized spacial score (nSPS) is 9.86. The molecule has 226 valence electrons. The number of amides is 1. The first-order valence-electron chi connectivity index (χ1n) is 14.0. The molecule has 2 N–H and O–H groups in total. The van der Waals surface area contributed by atoms with Gasteiger partial charge in [0, 0.05) is 23.0 Å². The highest BCUT2D eigenvalue weighted by atomic mass is 35.5. The zero-order valence-corrected chi connectivity index (χ0v) is 26.4. The first-order valence-corrected chi connectivity index (χ1v) is 14.6. The molecular weight excluding hydrogens is 562 g/mol. The number of anilines is 2. The van der Waals surface area contributed by atoms with E-state index in [0.29, 0.717) is 34.1 Å². The van der Waals surface area contributed by atoms with Gasteiger partial charge in [-0.25, -0.2) is 4.98 Å². The molecule has 0 spiro atoms. The summed E-state index contributed by atoms with van der Waals surface area (Å²) >= 11 is 6.04. The van der Waals surface area contributed by atoms with Crippen LogP contribution in [0.2, 0.25) is 0 Å². The molecule has 4 aromatic rings. The van der Waals surface area contributed by atoms with Crippen LogP contribution >= 0.6 is 11.6 Å². The van der Waals surface area contributed by atoms with Crippen molar-refractivity contribution >= 4 is 40.2 Å². The molecule has 0 saturated heterocycles. The highest BCUT2D eigenvalue weighted by molar-refractivity contribution is 6.19. The quantitative estimate of drug-likeness (QED) is 0.114. The molecule has 8 nitrogen and oxygen atoms in total. The number of para-hydroxylation sites is 1. The highest BCUT2D eigenvalue weighted by Gasteiger charge is 2.16. The topological polar surface area (TPSA) is 98.1 Å². The molecule has 9 heteroatoms. The van der Waals surface area contributed by atoms with Crippen molar-refractivity contribution in [3.05, 3.63) is 102 Å². The number of halogens is 1. The Morgan fingerprint density at radius 2 is 1.77 bits per heavy atom. The van der Waals surface area contributed by atoms with E-state index >= 15 is 0 Å². The highest BCUT2D eigenvalue weighted by Crippen LogP contribution is 2.25. The van der Waals surface area contributed by atoms with Gasteiger partial charge in [0.25, 0.3) is 5.56 Å². The van der Waals surface area contributed by atoms with Gasteiger partial charge >= 0.3 is 0 Å². The molecule has 0 radical (unpaired) electrons. The Kier molecular flexibility index (Phi) is 16.9. The van der Waals surface area contributed by atoms with Crippen molar-refractivity contribution < 1.29 is 9.53 Å². The molecule has 4 rings (SSSR count). The number of pyridine rings is 1. The summed E-state index contributed by atoms with van der Waals surface area (Å²) in [6.45, 7) is 15.1. The van der Waals surface area contributed by atoms with E-state index in [1.807, 2.05) is 58.9 Å². The van der Waals surface area contributed by atoms with Crippen LogP contribution in [0.1, 0.15) is 48.0 Å². The van der Waals surface area contributed by atoms with Crippen molar-refractivity contribution in [1.82, 2.24) is 14.5 Å². The number of fused-ring (bicyclic) bond motifs is 1. The van der Waals surface area contributed by atoms with Gasteiger partial charge in [-0.1, -0.05) is 71.5 Å². The molecule has 0 atom stereocenters. The van der Waals surface area contributed by atoms with E-state index in [9.17, 15) is 9.59 Å². The van der Waals surface area contributed by atoms with Crippen LogP contribution in [0.15, 0.2) is 96.1 Å².